The van der Waals surface area contributed by atoms with Crippen LogP contribution in [-0.4, -0.2) is 14.8 Å². The minimum absolute atomic E-state index is 0.232. The summed E-state index contributed by atoms with van der Waals surface area (Å²) in [7, 11) is 0. The average molecular weight is 365 g/mol. The van der Waals surface area contributed by atoms with E-state index in [1.54, 1.807) is 23.9 Å². The van der Waals surface area contributed by atoms with E-state index in [-0.39, 0.29) is 5.82 Å². The third-order valence-electron chi connectivity index (χ3n) is 4.69. The molecule has 0 atom stereocenters. The minimum Gasteiger partial charge on any atom is -0.431 e. The Morgan fingerprint density at radius 1 is 1.08 bits per heavy atom. The van der Waals surface area contributed by atoms with E-state index in [2.05, 4.69) is 4.98 Å². The van der Waals surface area contributed by atoms with Crippen molar-refractivity contribution in [2.45, 2.75) is 30.2 Å². The second kappa shape index (κ2) is 6.29. The van der Waals surface area contributed by atoms with Gasteiger partial charge in [0.1, 0.15) is 11.3 Å². The summed E-state index contributed by atoms with van der Waals surface area (Å²) in [4.78, 5) is 4.52. The van der Waals surface area contributed by atoms with Crippen molar-refractivity contribution in [2.75, 3.05) is 0 Å². The SMILES string of the molecule is Fc1ccc(-n2nc(CSc3nc4ccccc4o3)c3c2CCC3)cc1. The van der Waals surface area contributed by atoms with E-state index in [0.29, 0.717) is 11.0 Å². The van der Waals surface area contributed by atoms with Crippen LogP contribution in [0.3, 0.4) is 0 Å². The zero-order valence-electron chi connectivity index (χ0n) is 14.0. The molecule has 5 rings (SSSR count). The lowest BCUT2D eigenvalue weighted by atomic mass is 10.2. The lowest BCUT2D eigenvalue weighted by molar-refractivity contribution is 0.489. The number of thioether (sulfide) groups is 1. The summed E-state index contributed by atoms with van der Waals surface area (Å²) in [5.41, 5.74) is 6.20. The maximum Gasteiger partial charge on any atom is 0.257 e. The number of fused-ring (bicyclic) bond motifs is 2. The van der Waals surface area contributed by atoms with Crippen molar-refractivity contribution in [3.05, 3.63) is 71.3 Å². The molecule has 0 spiro atoms. The fraction of sp³-hybridized carbons (Fsp3) is 0.200. The summed E-state index contributed by atoms with van der Waals surface area (Å²) in [6.45, 7) is 0. The van der Waals surface area contributed by atoms with Gasteiger partial charge in [-0.15, -0.1) is 0 Å². The number of halogens is 1. The largest absolute Gasteiger partial charge is 0.431 e. The number of hydrogen-bond donors (Lipinski definition) is 0. The van der Waals surface area contributed by atoms with Crippen LogP contribution in [0.4, 0.5) is 4.39 Å². The van der Waals surface area contributed by atoms with Crippen molar-refractivity contribution >= 4 is 22.9 Å². The molecular weight excluding hydrogens is 349 g/mol. The molecule has 2 aromatic carbocycles. The fourth-order valence-electron chi connectivity index (χ4n) is 3.47. The standard InChI is InChI=1S/C20H16FN3OS/c21-13-8-10-14(11-9-13)24-18-6-3-4-15(18)17(23-24)12-26-20-22-16-5-1-2-7-19(16)25-20/h1-2,5,7-11H,3-4,6,12H2. The van der Waals surface area contributed by atoms with Gasteiger partial charge in [-0.3, -0.25) is 0 Å². The smallest absolute Gasteiger partial charge is 0.257 e. The first-order valence-electron chi connectivity index (χ1n) is 8.62. The Balaban J connectivity index is 1.44. The van der Waals surface area contributed by atoms with Crippen LogP contribution in [0, 0.1) is 5.82 Å². The molecule has 0 bridgehead atoms. The molecule has 0 aliphatic heterocycles. The molecule has 130 valence electrons. The molecule has 1 aliphatic carbocycles. The van der Waals surface area contributed by atoms with Crippen molar-refractivity contribution in [1.82, 2.24) is 14.8 Å². The molecule has 2 aromatic heterocycles. The summed E-state index contributed by atoms with van der Waals surface area (Å²) in [5, 5.41) is 5.47. The zero-order chi connectivity index (χ0) is 17.5. The van der Waals surface area contributed by atoms with Gasteiger partial charge in [0.2, 0.25) is 0 Å². The van der Waals surface area contributed by atoms with Crippen LogP contribution in [0.25, 0.3) is 16.8 Å². The second-order valence-corrected chi connectivity index (χ2v) is 7.28. The van der Waals surface area contributed by atoms with Crippen LogP contribution in [0.2, 0.25) is 0 Å². The van der Waals surface area contributed by atoms with E-state index in [9.17, 15) is 4.39 Å². The van der Waals surface area contributed by atoms with Crippen molar-refractivity contribution in [1.29, 1.82) is 0 Å². The quantitative estimate of drug-likeness (QED) is 0.481. The fourth-order valence-corrected chi connectivity index (χ4v) is 4.27. The third kappa shape index (κ3) is 2.70. The first kappa shape index (κ1) is 15.6. The van der Waals surface area contributed by atoms with E-state index in [0.717, 1.165) is 41.7 Å². The number of rotatable bonds is 4. The molecule has 6 heteroatoms. The molecule has 0 N–H and O–H groups in total. The predicted octanol–water partition coefficient (Wildman–Crippen LogP) is 4.93. The Bertz CT molecular complexity index is 1050. The zero-order valence-corrected chi connectivity index (χ0v) is 14.8. The van der Waals surface area contributed by atoms with Crippen molar-refractivity contribution in [3.63, 3.8) is 0 Å². The molecule has 4 nitrogen and oxygen atoms in total. The number of benzene rings is 2. The third-order valence-corrected chi connectivity index (χ3v) is 5.53. The van der Waals surface area contributed by atoms with E-state index in [1.807, 2.05) is 28.9 Å². The summed E-state index contributed by atoms with van der Waals surface area (Å²) in [6.07, 6.45) is 3.18. The number of para-hydroxylation sites is 2. The van der Waals surface area contributed by atoms with Crippen molar-refractivity contribution < 1.29 is 8.81 Å². The minimum atomic E-state index is -0.232. The predicted molar refractivity (Wildman–Crippen MR) is 99.1 cm³/mol. The van der Waals surface area contributed by atoms with E-state index < -0.39 is 0 Å². The van der Waals surface area contributed by atoms with E-state index >= 15 is 0 Å². The highest BCUT2D eigenvalue weighted by Gasteiger charge is 2.23. The lowest BCUT2D eigenvalue weighted by Gasteiger charge is -2.05. The van der Waals surface area contributed by atoms with Crippen LogP contribution < -0.4 is 0 Å². The highest BCUT2D eigenvalue weighted by Crippen LogP contribution is 2.32. The monoisotopic (exact) mass is 365 g/mol. The second-order valence-electron chi connectivity index (χ2n) is 6.35. The van der Waals surface area contributed by atoms with Crippen molar-refractivity contribution in [3.8, 4) is 5.69 Å². The maximum atomic E-state index is 13.2. The Morgan fingerprint density at radius 3 is 2.77 bits per heavy atom. The highest BCUT2D eigenvalue weighted by atomic mass is 32.2. The Kier molecular flexibility index (Phi) is 3.78. The van der Waals surface area contributed by atoms with Crippen LogP contribution >= 0.6 is 11.8 Å². The molecule has 2 heterocycles. The molecule has 0 fully saturated rings. The van der Waals surface area contributed by atoms with E-state index in [4.69, 9.17) is 9.52 Å². The van der Waals surface area contributed by atoms with Gasteiger partial charge in [-0.05, 0) is 61.2 Å². The number of nitrogens with zero attached hydrogens (tertiary/aromatic N) is 3. The van der Waals surface area contributed by atoms with Crippen LogP contribution in [-0.2, 0) is 18.6 Å². The first-order chi connectivity index (χ1) is 12.8. The number of hydrogen-bond acceptors (Lipinski definition) is 4. The number of aromatic nitrogens is 3. The Hall–Kier alpha value is -2.60. The maximum absolute atomic E-state index is 13.2. The summed E-state index contributed by atoms with van der Waals surface area (Å²) < 4.78 is 21.0. The van der Waals surface area contributed by atoms with Gasteiger partial charge in [-0.25, -0.2) is 14.1 Å². The molecular formula is C20H16FN3OS. The van der Waals surface area contributed by atoms with E-state index in [1.165, 1.54) is 23.4 Å². The molecule has 4 aromatic rings. The van der Waals surface area contributed by atoms with Crippen LogP contribution in [0.5, 0.6) is 0 Å². The number of oxazole rings is 1. The van der Waals surface area contributed by atoms with Gasteiger partial charge in [-0.2, -0.15) is 5.10 Å². The topological polar surface area (TPSA) is 43.9 Å². The van der Waals surface area contributed by atoms with Gasteiger partial charge in [-0.1, -0.05) is 23.9 Å². The van der Waals surface area contributed by atoms with Crippen LogP contribution in [0.1, 0.15) is 23.4 Å². The van der Waals surface area contributed by atoms with Gasteiger partial charge in [0.25, 0.3) is 5.22 Å². The van der Waals surface area contributed by atoms with Gasteiger partial charge >= 0.3 is 0 Å². The molecule has 0 saturated carbocycles. The summed E-state index contributed by atoms with van der Waals surface area (Å²) >= 11 is 1.56. The van der Waals surface area contributed by atoms with Crippen molar-refractivity contribution in [2.24, 2.45) is 0 Å². The molecule has 26 heavy (non-hydrogen) atoms. The highest BCUT2D eigenvalue weighted by molar-refractivity contribution is 7.98. The van der Waals surface area contributed by atoms with Gasteiger partial charge in [0.15, 0.2) is 5.58 Å². The normalized spacial score (nSPS) is 13.4. The van der Waals surface area contributed by atoms with Gasteiger partial charge in [0.05, 0.1) is 11.4 Å². The Labute approximate surface area is 154 Å². The molecule has 0 unspecified atom stereocenters. The molecule has 0 amide bonds. The first-order valence-corrected chi connectivity index (χ1v) is 9.60. The lowest BCUT2D eigenvalue weighted by Crippen LogP contribution is -2.01. The van der Waals surface area contributed by atoms with Crippen LogP contribution in [0.15, 0.2) is 58.2 Å². The molecule has 0 radical (unpaired) electrons. The van der Waals surface area contributed by atoms with Gasteiger partial charge < -0.3 is 4.42 Å². The Morgan fingerprint density at radius 2 is 1.92 bits per heavy atom. The summed E-state index contributed by atoms with van der Waals surface area (Å²) in [5.74, 6) is 0.480. The van der Waals surface area contributed by atoms with Gasteiger partial charge in [0, 0.05) is 11.4 Å². The summed E-state index contributed by atoms with van der Waals surface area (Å²) in [6, 6.07) is 14.3. The molecule has 1 aliphatic rings. The molecule has 0 saturated heterocycles. The average Bonchev–Trinajstić information content (AvgIpc) is 3.35.